The summed E-state index contributed by atoms with van der Waals surface area (Å²) in [5, 5.41) is 18.5. The Balaban J connectivity index is 1.49. The van der Waals surface area contributed by atoms with E-state index in [4.69, 9.17) is 21.7 Å². The largest absolute Gasteiger partial charge is 0.487 e. The van der Waals surface area contributed by atoms with Crippen LogP contribution in [0.5, 0.6) is 0 Å². The molecule has 2 aliphatic rings. The summed E-state index contributed by atoms with van der Waals surface area (Å²) in [7, 11) is 1.55. The van der Waals surface area contributed by atoms with E-state index in [9.17, 15) is 9.59 Å². The Labute approximate surface area is 190 Å². The lowest BCUT2D eigenvalue weighted by Gasteiger charge is -2.20. The molecule has 0 radical (unpaired) electrons. The molecule has 1 aliphatic carbocycles. The van der Waals surface area contributed by atoms with E-state index in [1.165, 1.54) is 4.90 Å². The van der Waals surface area contributed by atoms with Gasteiger partial charge in [-0.05, 0) is 24.5 Å². The number of hydrogen-bond donors (Lipinski definition) is 3. The molecule has 0 bridgehead atoms. The summed E-state index contributed by atoms with van der Waals surface area (Å²) in [6.07, 6.45) is 6.11. The van der Waals surface area contributed by atoms with Crippen LogP contribution in [0.3, 0.4) is 0 Å². The highest BCUT2D eigenvalue weighted by Crippen LogP contribution is 2.51. The summed E-state index contributed by atoms with van der Waals surface area (Å²) in [4.78, 5) is 30.1. The minimum atomic E-state index is -0.957. The summed E-state index contributed by atoms with van der Waals surface area (Å²) in [5.74, 6) is 0.181. The summed E-state index contributed by atoms with van der Waals surface area (Å²) >= 11 is 5.70. The Morgan fingerprint density at radius 1 is 1.38 bits per heavy atom. The highest BCUT2D eigenvalue weighted by atomic mass is 35.5. The number of halogens is 1. The zero-order valence-corrected chi connectivity index (χ0v) is 18.2. The number of carbonyl (C=O) groups excluding carboxylic acids is 2. The number of likely N-dealkylation sites (N-methyl/N-ethyl adjacent to an activating group) is 1. The van der Waals surface area contributed by atoms with Crippen molar-refractivity contribution >= 4 is 29.6 Å². The summed E-state index contributed by atoms with van der Waals surface area (Å²) in [5.41, 5.74) is 1.27. The molecule has 1 saturated carbocycles. The van der Waals surface area contributed by atoms with Crippen LogP contribution in [0.4, 0.5) is 0 Å². The second-order valence-corrected chi connectivity index (χ2v) is 7.96. The van der Waals surface area contributed by atoms with Crippen LogP contribution in [-0.4, -0.2) is 63.7 Å². The molecule has 4 rings (SSSR count). The molecule has 3 N–H and O–H groups in total. The van der Waals surface area contributed by atoms with Crippen molar-refractivity contribution in [2.45, 2.75) is 24.3 Å². The summed E-state index contributed by atoms with van der Waals surface area (Å²) in [6.45, 7) is -0.118. The lowest BCUT2D eigenvalue weighted by Crippen LogP contribution is -2.48. The van der Waals surface area contributed by atoms with Gasteiger partial charge in [0, 0.05) is 12.9 Å². The Morgan fingerprint density at radius 3 is 2.78 bits per heavy atom. The Kier molecular flexibility index (Phi) is 6.09. The minimum absolute atomic E-state index is 0.0319. The maximum Gasteiger partial charge on any atom is 0.289 e. The van der Waals surface area contributed by atoms with Crippen LogP contribution in [-0.2, 0) is 14.9 Å². The average molecular weight is 455 g/mol. The normalized spacial score (nSPS) is 20.1. The van der Waals surface area contributed by atoms with E-state index >= 15 is 0 Å². The molecule has 9 nitrogen and oxygen atoms in total. The summed E-state index contributed by atoms with van der Waals surface area (Å²) < 4.78 is 5.60. The first-order valence-electron chi connectivity index (χ1n) is 10.2. The maximum absolute atomic E-state index is 12.9. The molecule has 1 fully saturated rings. The van der Waals surface area contributed by atoms with Gasteiger partial charge in [0.15, 0.2) is 5.76 Å². The number of aromatic amines is 1. The van der Waals surface area contributed by atoms with E-state index < -0.39 is 11.9 Å². The Bertz CT molecular complexity index is 1090. The number of nitrogens with one attached hydrogen (secondary N) is 3. The standard InChI is InChI=1S/C22H23ClN6O3/c1-29-16(8-5-11-23)17(12-24)32-13-15(20(29)31)25-19(30)18-26-21(28-27-18)22(9-10-22)14-6-3-2-4-7-14/h2-8,12,15,24H,9-11,13H2,1H3,(H,25,30)(H,26,27,28)/b8-5-,24-12?. The Hall–Kier alpha value is -3.46. The fourth-order valence-electron chi connectivity index (χ4n) is 3.76. The van der Waals surface area contributed by atoms with E-state index in [-0.39, 0.29) is 35.4 Å². The van der Waals surface area contributed by atoms with Crippen LogP contribution in [0.25, 0.3) is 0 Å². The molecule has 32 heavy (non-hydrogen) atoms. The van der Waals surface area contributed by atoms with Gasteiger partial charge in [-0.1, -0.05) is 36.4 Å². The number of alkyl halides is 1. The van der Waals surface area contributed by atoms with Crippen molar-refractivity contribution in [3.63, 3.8) is 0 Å². The predicted molar refractivity (Wildman–Crippen MR) is 118 cm³/mol. The number of ether oxygens (including phenoxy) is 1. The highest BCUT2D eigenvalue weighted by Gasteiger charge is 2.49. The predicted octanol–water partition coefficient (Wildman–Crippen LogP) is 2.13. The van der Waals surface area contributed by atoms with E-state index in [1.807, 2.05) is 30.3 Å². The lowest BCUT2D eigenvalue weighted by molar-refractivity contribution is -0.130. The number of H-pyrrole nitrogens is 1. The third kappa shape index (κ3) is 4.03. The van der Waals surface area contributed by atoms with Crippen molar-refractivity contribution in [2.75, 3.05) is 19.5 Å². The maximum atomic E-state index is 12.9. The second-order valence-electron chi connectivity index (χ2n) is 7.66. The van der Waals surface area contributed by atoms with Gasteiger partial charge in [0.25, 0.3) is 11.8 Å². The van der Waals surface area contributed by atoms with Gasteiger partial charge in [-0.2, -0.15) is 0 Å². The molecule has 10 heteroatoms. The van der Waals surface area contributed by atoms with Gasteiger partial charge in [-0.25, -0.2) is 0 Å². The molecule has 0 spiro atoms. The molecule has 1 aromatic heterocycles. The number of aromatic nitrogens is 3. The lowest BCUT2D eigenvalue weighted by atomic mass is 9.95. The van der Waals surface area contributed by atoms with Crippen molar-refractivity contribution in [3.05, 3.63) is 71.2 Å². The zero-order valence-electron chi connectivity index (χ0n) is 17.5. The SMILES string of the molecule is CN1C(=O)C(NC(=O)c2nnc(C3(c4ccccc4)CC3)[nH]2)COC(C=N)=C1/C=C\CCl. The van der Waals surface area contributed by atoms with Crippen LogP contribution < -0.4 is 5.32 Å². The number of amides is 2. The van der Waals surface area contributed by atoms with Crippen molar-refractivity contribution in [2.24, 2.45) is 0 Å². The van der Waals surface area contributed by atoms with Crippen molar-refractivity contribution in [1.82, 2.24) is 25.4 Å². The Morgan fingerprint density at radius 2 is 2.12 bits per heavy atom. The number of nitrogens with zero attached hydrogens (tertiary/aromatic N) is 3. The van der Waals surface area contributed by atoms with Crippen LogP contribution >= 0.6 is 11.6 Å². The van der Waals surface area contributed by atoms with Crippen LogP contribution in [0, 0.1) is 5.41 Å². The molecule has 166 valence electrons. The molecule has 2 amide bonds. The number of carbonyl (C=O) groups is 2. The molecule has 1 unspecified atom stereocenters. The van der Waals surface area contributed by atoms with Gasteiger partial charge in [0.1, 0.15) is 18.5 Å². The smallest absolute Gasteiger partial charge is 0.289 e. The topological polar surface area (TPSA) is 124 Å². The number of allylic oxidation sites excluding steroid dienone is 3. The molecule has 2 aromatic rings. The highest BCUT2D eigenvalue weighted by molar-refractivity contribution is 6.18. The van der Waals surface area contributed by atoms with Crippen molar-refractivity contribution < 1.29 is 14.3 Å². The van der Waals surface area contributed by atoms with Gasteiger partial charge in [0.2, 0.25) is 5.82 Å². The average Bonchev–Trinajstić information content (AvgIpc) is 3.50. The zero-order chi connectivity index (χ0) is 22.7. The van der Waals surface area contributed by atoms with E-state index in [2.05, 4.69) is 20.5 Å². The molecular weight excluding hydrogens is 432 g/mol. The van der Waals surface area contributed by atoms with Gasteiger partial charge in [-0.15, -0.1) is 21.8 Å². The molecule has 1 atom stereocenters. The molecular formula is C22H23ClN6O3. The van der Waals surface area contributed by atoms with Crippen LogP contribution in [0.2, 0.25) is 0 Å². The quantitative estimate of drug-likeness (QED) is 0.436. The van der Waals surface area contributed by atoms with Crippen LogP contribution in [0.15, 0.2) is 53.9 Å². The number of hydrogen-bond acceptors (Lipinski definition) is 6. The van der Waals surface area contributed by atoms with E-state index in [1.54, 1.807) is 19.2 Å². The first kappa shape index (κ1) is 21.8. The number of rotatable bonds is 7. The molecule has 1 aromatic carbocycles. The fourth-order valence-corrected chi connectivity index (χ4v) is 3.84. The molecule has 2 heterocycles. The third-order valence-electron chi connectivity index (χ3n) is 5.68. The summed E-state index contributed by atoms with van der Waals surface area (Å²) in [6, 6.07) is 9.02. The second kappa shape index (κ2) is 8.96. The van der Waals surface area contributed by atoms with E-state index in [0.717, 1.165) is 24.6 Å². The molecule has 1 aliphatic heterocycles. The third-order valence-corrected chi connectivity index (χ3v) is 5.86. The van der Waals surface area contributed by atoms with E-state index in [0.29, 0.717) is 11.5 Å². The van der Waals surface area contributed by atoms with Gasteiger partial charge in [0.05, 0.1) is 17.3 Å². The first-order valence-corrected chi connectivity index (χ1v) is 10.7. The van der Waals surface area contributed by atoms with Gasteiger partial charge in [-0.3, -0.25) is 9.59 Å². The minimum Gasteiger partial charge on any atom is -0.487 e. The fraction of sp³-hybridized carbons (Fsp3) is 0.318. The number of benzene rings is 1. The van der Waals surface area contributed by atoms with Gasteiger partial charge >= 0.3 is 0 Å². The first-order chi connectivity index (χ1) is 15.5. The van der Waals surface area contributed by atoms with Crippen molar-refractivity contribution in [3.8, 4) is 0 Å². The van der Waals surface area contributed by atoms with Crippen LogP contribution in [0.1, 0.15) is 34.8 Å². The monoisotopic (exact) mass is 454 g/mol. The van der Waals surface area contributed by atoms with Crippen molar-refractivity contribution in [1.29, 1.82) is 5.41 Å². The molecule has 0 saturated heterocycles. The van der Waals surface area contributed by atoms with Gasteiger partial charge < -0.3 is 25.3 Å².